The van der Waals surface area contributed by atoms with Gasteiger partial charge in [0.05, 0.1) is 11.9 Å². The molecule has 1 aliphatic rings. The summed E-state index contributed by atoms with van der Waals surface area (Å²) in [5.74, 6) is 1.03. The van der Waals surface area contributed by atoms with Gasteiger partial charge >= 0.3 is 0 Å². The number of nitrogens with one attached hydrogen (secondary N) is 1. The average molecular weight is 214 g/mol. The molecule has 0 unspecified atom stereocenters. The molecule has 1 N–H and O–H groups in total. The predicted molar refractivity (Wildman–Crippen MR) is 63.2 cm³/mol. The summed E-state index contributed by atoms with van der Waals surface area (Å²) in [5, 5.41) is 7.50. The van der Waals surface area contributed by atoms with Gasteiger partial charge in [-0.25, -0.2) is 4.98 Å². The maximum absolute atomic E-state index is 4.63. The minimum Gasteiger partial charge on any atom is -0.370 e. The van der Waals surface area contributed by atoms with Gasteiger partial charge in [0.2, 0.25) is 0 Å². The second kappa shape index (κ2) is 3.63. The van der Waals surface area contributed by atoms with Crippen molar-refractivity contribution in [3.8, 4) is 11.3 Å². The van der Waals surface area contributed by atoms with Crippen molar-refractivity contribution in [3.63, 3.8) is 0 Å². The standard InChI is InChI=1S/C12H14N4/c1-16-8-10(7-14-16)11-5-4-9-3-2-6-13-12(9)15-11/h4-5,7-8H,2-3,6H2,1H3,(H,13,15). The molecule has 16 heavy (non-hydrogen) atoms. The molecule has 0 bridgehead atoms. The van der Waals surface area contributed by atoms with Gasteiger partial charge in [-0.05, 0) is 24.5 Å². The van der Waals surface area contributed by atoms with E-state index < -0.39 is 0 Å². The number of anilines is 1. The van der Waals surface area contributed by atoms with E-state index in [1.54, 1.807) is 4.68 Å². The topological polar surface area (TPSA) is 42.7 Å². The molecule has 0 saturated heterocycles. The molecule has 82 valence electrons. The predicted octanol–water partition coefficient (Wildman–Crippen LogP) is 1.84. The number of aryl methyl sites for hydroxylation is 2. The molecule has 4 heteroatoms. The van der Waals surface area contributed by atoms with Crippen LogP contribution in [0.3, 0.4) is 0 Å². The number of rotatable bonds is 1. The van der Waals surface area contributed by atoms with Crippen molar-refractivity contribution >= 4 is 5.82 Å². The van der Waals surface area contributed by atoms with Crippen LogP contribution in [0.5, 0.6) is 0 Å². The minimum absolute atomic E-state index is 0.987. The number of pyridine rings is 1. The first kappa shape index (κ1) is 9.39. The van der Waals surface area contributed by atoms with Crippen molar-refractivity contribution in [2.75, 3.05) is 11.9 Å². The highest BCUT2D eigenvalue weighted by molar-refractivity contribution is 5.61. The van der Waals surface area contributed by atoms with E-state index in [0.29, 0.717) is 0 Å². The summed E-state index contributed by atoms with van der Waals surface area (Å²) in [5.41, 5.74) is 3.37. The highest BCUT2D eigenvalue weighted by Gasteiger charge is 2.11. The molecule has 4 nitrogen and oxygen atoms in total. The molecule has 1 aliphatic heterocycles. The maximum Gasteiger partial charge on any atom is 0.129 e. The van der Waals surface area contributed by atoms with Crippen molar-refractivity contribution < 1.29 is 0 Å². The lowest BCUT2D eigenvalue weighted by atomic mass is 10.1. The molecule has 0 aliphatic carbocycles. The van der Waals surface area contributed by atoms with Gasteiger partial charge in [0.15, 0.2) is 0 Å². The monoisotopic (exact) mass is 214 g/mol. The molecule has 3 rings (SSSR count). The molecule has 0 amide bonds. The number of aromatic nitrogens is 3. The van der Waals surface area contributed by atoms with Gasteiger partial charge in [0.1, 0.15) is 5.82 Å². The Hall–Kier alpha value is -1.84. The first-order valence-electron chi connectivity index (χ1n) is 5.56. The highest BCUT2D eigenvalue weighted by Crippen LogP contribution is 2.24. The second-order valence-corrected chi connectivity index (χ2v) is 4.14. The van der Waals surface area contributed by atoms with Crippen LogP contribution in [0.15, 0.2) is 24.5 Å². The van der Waals surface area contributed by atoms with Crippen molar-refractivity contribution in [3.05, 3.63) is 30.1 Å². The Bertz CT molecular complexity index is 515. The Morgan fingerprint density at radius 3 is 3.12 bits per heavy atom. The van der Waals surface area contributed by atoms with Gasteiger partial charge in [0, 0.05) is 25.4 Å². The third-order valence-corrected chi connectivity index (χ3v) is 2.89. The lowest BCUT2D eigenvalue weighted by Crippen LogP contribution is -2.13. The zero-order valence-electron chi connectivity index (χ0n) is 9.27. The van der Waals surface area contributed by atoms with Gasteiger partial charge in [-0.1, -0.05) is 6.07 Å². The van der Waals surface area contributed by atoms with Crippen molar-refractivity contribution in [1.29, 1.82) is 0 Å². The summed E-state index contributed by atoms with van der Waals surface area (Å²) in [6.07, 6.45) is 6.15. The summed E-state index contributed by atoms with van der Waals surface area (Å²) < 4.78 is 1.80. The summed E-state index contributed by atoms with van der Waals surface area (Å²) >= 11 is 0. The van der Waals surface area contributed by atoms with Crippen molar-refractivity contribution in [2.45, 2.75) is 12.8 Å². The lowest BCUT2D eigenvalue weighted by molar-refractivity contribution is 0.768. The van der Waals surface area contributed by atoms with E-state index in [9.17, 15) is 0 Å². The largest absolute Gasteiger partial charge is 0.370 e. The molecule has 0 saturated carbocycles. The van der Waals surface area contributed by atoms with Crippen LogP contribution in [0.2, 0.25) is 0 Å². The van der Waals surface area contributed by atoms with Crippen LogP contribution in [-0.4, -0.2) is 21.3 Å². The average Bonchev–Trinajstić information content (AvgIpc) is 2.75. The van der Waals surface area contributed by atoms with Crippen LogP contribution in [0.1, 0.15) is 12.0 Å². The van der Waals surface area contributed by atoms with Gasteiger partial charge in [-0.3, -0.25) is 4.68 Å². The van der Waals surface area contributed by atoms with Crippen molar-refractivity contribution in [2.24, 2.45) is 7.05 Å². The molecular formula is C12H14N4. The molecule has 0 aromatic carbocycles. The van der Waals surface area contributed by atoms with E-state index in [1.807, 2.05) is 19.4 Å². The van der Waals surface area contributed by atoms with Crippen molar-refractivity contribution in [1.82, 2.24) is 14.8 Å². The van der Waals surface area contributed by atoms with E-state index in [-0.39, 0.29) is 0 Å². The first-order valence-corrected chi connectivity index (χ1v) is 5.56. The second-order valence-electron chi connectivity index (χ2n) is 4.14. The van der Waals surface area contributed by atoms with E-state index in [2.05, 4.69) is 27.5 Å². The minimum atomic E-state index is 0.987. The summed E-state index contributed by atoms with van der Waals surface area (Å²) in [4.78, 5) is 4.63. The lowest BCUT2D eigenvalue weighted by Gasteiger charge is -2.17. The number of fused-ring (bicyclic) bond motifs is 1. The zero-order valence-corrected chi connectivity index (χ0v) is 9.27. The van der Waals surface area contributed by atoms with E-state index in [4.69, 9.17) is 0 Å². The van der Waals surface area contributed by atoms with Gasteiger partial charge < -0.3 is 5.32 Å². The number of nitrogens with zero attached hydrogens (tertiary/aromatic N) is 3. The summed E-state index contributed by atoms with van der Waals surface area (Å²) in [6.45, 7) is 1.02. The summed E-state index contributed by atoms with van der Waals surface area (Å²) in [7, 11) is 1.92. The third-order valence-electron chi connectivity index (χ3n) is 2.89. The van der Waals surface area contributed by atoms with E-state index in [1.165, 1.54) is 12.0 Å². The fourth-order valence-electron chi connectivity index (χ4n) is 2.04. The molecule has 3 heterocycles. The van der Waals surface area contributed by atoms with Gasteiger partial charge in [0.25, 0.3) is 0 Å². The molecule has 0 radical (unpaired) electrons. The molecule has 0 spiro atoms. The fraction of sp³-hybridized carbons (Fsp3) is 0.333. The molecule has 0 atom stereocenters. The Morgan fingerprint density at radius 1 is 1.38 bits per heavy atom. The first-order chi connectivity index (χ1) is 7.83. The van der Waals surface area contributed by atoms with E-state index >= 15 is 0 Å². The number of hydrogen-bond donors (Lipinski definition) is 1. The molecule has 0 fully saturated rings. The molecule has 2 aromatic heterocycles. The summed E-state index contributed by atoms with van der Waals surface area (Å²) in [6, 6.07) is 4.24. The molecular weight excluding hydrogens is 200 g/mol. The van der Waals surface area contributed by atoms with Gasteiger partial charge in [-0.2, -0.15) is 5.10 Å². The quantitative estimate of drug-likeness (QED) is 0.787. The number of hydrogen-bond acceptors (Lipinski definition) is 3. The smallest absolute Gasteiger partial charge is 0.129 e. The Morgan fingerprint density at radius 2 is 2.31 bits per heavy atom. The van der Waals surface area contributed by atoms with E-state index in [0.717, 1.165) is 30.0 Å². The maximum atomic E-state index is 4.63. The Labute approximate surface area is 94.3 Å². The van der Waals surface area contributed by atoms with Crippen LogP contribution >= 0.6 is 0 Å². The van der Waals surface area contributed by atoms with Crippen LogP contribution < -0.4 is 5.32 Å². The zero-order chi connectivity index (χ0) is 11.0. The Kier molecular flexibility index (Phi) is 2.13. The molecule has 2 aromatic rings. The van der Waals surface area contributed by atoms with Crippen LogP contribution in [0.4, 0.5) is 5.82 Å². The fourth-order valence-corrected chi connectivity index (χ4v) is 2.04. The van der Waals surface area contributed by atoms with Crippen LogP contribution in [-0.2, 0) is 13.5 Å². The van der Waals surface area contributed by atoms with Gasteiger partial charge in [-0.15, -0.1) is 0 Å². The van der Waals surface area contributed by atoms with Crippen LogP contribution in [0.25, 0.3) is 11.3 Å². The third kappa shape index (κ3) is 1.56. The normalized spacial score (nSPS) is 14.3. The highest BCUT2D eigenvalue weighted by atomic mass is 15.2. The Balaban J connectivity index is 2.02. The SMILES string of the molecule is Cn1cc(-c2ccc3c(n2)NCCC3)cn1. The van der Waals surface area contributed by atoms with Crippen LogP contribution in [0, 0.1) is 0 Å².